The second-order valence-electron chi connectivity index (χ2n) is 5.25. The van der Waals surface area contributed by atoms with Gasteiger partial charge in [0.05, 0.1) is 6.54 Å². The molecule has 0 aromatic carbocycles. The van der Waals surface area contributed by atoms with E-state index in [1.807, 2.05) is 0 Å². The number of amides is 2. The van der Waals surface area contributed by atoms with Gasteiger partial charge in [-0.3, -0.25) is 9.59 Å². The van der Waals surface area contributed by atoms with Gasteiger partial charge in [-0.15, -0.1) is 0 Å². The number of carbonyl (C=O) groups excluding carboxylic acids is 2. The third-order valence-corrected chi connectivity index (χ3v) is 3.59. The third-order valence-electron chi connectivity index (χ3n) is 3.59. The van der Waals surface area contributed by atoms with E-state index in [0.717, 1.165) is 25.7 Å². The van der Waals surface area contributed by atoms with Crippen molar-refractivity contribution in [1.82, 2.24) is 10.6 Å². The number of carbonyl (C=O) groups is 2. The molecule has 0 radical (unpaired) electrons. The van der Waals surface area contributed by atoms with Crippen LogP contribution in [0.25, 0.3) is 0 Å². The molecule has 2 rings (SSSR count). The number of hydrogen-bond acceptors (Lipinski definition) is 2. The highest BCUT2D eigenvalue weighted by atomic mass is 16.2. The zero-order chi connectivity index (χ0) is 12.1. The Labute approximate surface area is 103 Å². The van der Waals surface area contributed by atoms with Crippen molar-refractivity contribution in [1.29, 1.82) is 0 Å². The van der Waals surface area contributed by atoms with Gasteiger partial charge >= 0.3 is 0 Å². The van der Waals surface area contributed by atoms with Gasteiger partial charge in [0.25, 0.3) is 0 Å². The lowest BCUT2D eigenvalue weighted by Crippen LogP contribution is -2.42. The highest BCUT2D eigenvalue weighted by molar-refractivity contribution is 5.86. The minimum atomic E-state index is -0.0362. The summed E-state index contributed by atoms with van der Waals surface area (Å²) in [4.78, 5) is 23.0. The quantitative estimate of drug-likeness (QED) is 0.726. The molecule has 4 heteroatoms. The lowest BCUT2D eigenvalue weighted by atomic mass is 10.1. The zero-order valence-corrected chi connectivity index (χ0v) is 10.3. The van der Waals surface area contributed by atoms with Crippen molar-refractivity contribution in [2.24, 2.45) is 5.92 Å². The SMILES string of the molecule is O=C(CNC(=O)C1CC1)NC1CCCCCC1. The fraction of sp³-hybridized carbons (Fsp3) is 0.846. The van der Waals surface area contributed by atoms with Crippen molar-refractivity contribution in [3.8, 4) is 0 Å². The first-order chi connectivity index (χ1) is 8.25. The summed E-state index contributed by atoms with van der Waals surface area (Å²) in [5.41, 5.74) is 0. The van der Waals surface area contributed by atoms with Crippen LogP contribution in [-0.2, 0) is 9.59 Å². The Hall–Kier alpha value is -1.06. The predicted octanol–water partition coefficient (Wildman–Crippen LogP) is 1.35. The van der Waals surface area contributed by atoms with Gasteiger partial charge in [-0.1, -0.05) is 25.7 Å². The molecule has 0 heterocycles. The molecular formula is C13H22N2O2. The molecule has 2 aliphatic carbocycles. The van der Waals surface area contributed by atoms with E-state index in [0.29, 0.717) is 6.04 Å². The van der Waals surface area contributed by atoms with Crippen LogP contribution in [0, 0.1) is 5.92 Å². The first-order valence-electron chi connectivity index (χ1n) is 6.83. The van der Waals surface area contributed by atoms with Crippen molar-refractivity contribution in [2.75, 3.05) is 6.54 Å². The summed E-state index contributed by atoms with van der Waals surface area (Å²) < 4.78 is 0. The van der Waals surface area contributed by atoms with E-state index in [-0.39, 0.29) is 24.3 Å². The van der Waals surface area contributed by atoms with Crippen molar-refractivity contribution < 1.29 is 9.59 Å². The average Bonchev–Trinajstić information content (AvgIpc) is 3.13. The molecule has 0 unspecified atom stereocenters. The van der Waals surface area contributed by atoms with Crippen LogP contribution in [0.3, 0.4) is 0 Å². The highest BCUT2D eigenvalue weighted by Gasteiger charge is 2.29. The minimum absolute atomic E-state index is 0.0362. The molecule has 0 saturated heterocycles. The Morgan fingerprint density at radius 3 is 2.18 bits per heavy atom. The fourth-order valence-electron chi connectivity index (χ4n) is 2.36. The van der Waals surface area contributed by atoms with Gasteiger partial charge < -0.3 is 10.6 Å². The molecule has 2 aliphatic rings. The lowest BCUT2D eigenvalue weighted by Gasteiger charge is -2.16. The molecule has 0 atom stereocenters. The molecule has 0 bridgehead atoms. The molecule has 2 fully saturated rings. The van der Waals surface area contributed by atoms with Gasteiger partial charge in [-0.2, -0.15) is 0 Å². The van der Waals surface area contributed by atoms with Gasteiger partial charge in [0.15, 0.2) is 0 Å². The van der Waals surface area contributed by atoms with E-state index in [1.165, 1.54) is 25.7 Å². The maximum absolute atomic E-state index is 11.6. The van der Waals surface area contributed by atoms with E-state index >= 15 is 0 Å². The highest BCUT2D eigenvalue weighted by Crippen LogP contribution is 2.28. The maximum atomic E-state index is 11.6. The van der Waals surface area contributed by atoms with Gasteiger partial charge in [0.2, 0.25) is 11.8 Å². The number of nitrogens with one attached hydrogen (secondary N) is 2. The summed E-state index contributed by atoms with van der Waals surface area (Å²) >= 11 is 0. The second-order valence-corrected chi connectivity index (χ2v) is 5.25. The lowest BCUT2D eigenvalue weighted by molar-refractivity contribution is -0.127. The van der Waals surface area contributed by atoms with Crippen LogP contribution in [-0.4, -0.2) is 24.4 Å². The normalized spacial score (nSPS) is 21.6. The first-order valence-corrected chi connectivity index (χ1v) is 6.83. The summed E-state index contributed by atoms with van der Waals surface area (Å²) in [5.74, 6) is 0.188. The summed E-state index contributed by atoms with van der Waals surface area (Å²) in [6.07, 6.45) is 9.12. The van der Waals surface area contributed by atoms with Crippen LogP contribution in [0.4, 0.5) is 0 Å². The monoisotopic (exact) mass is 238 g/mol. The molecular weight excluding hydrogens is 216 g/mol. The Kier molecular flexibility index (Phi) is 4.40. The average molecular weight is 238 g/mol. The molecule has 96 valence electrons. The van der Waals surface area contributed by atoms with Crippen LogP contribution in [0.2, 0.25) is 0 Å². The summed E-state index contributed by atoms with van der Waals surface area (Å²) in [6, 6.07) is 0.322. The molecule has 2 saturated carbocycles. The molecule has 0 spiro atoms. The topological polar surface area (TPSA) is 58.2 Å². The van der Waals surface area contributed by atoms with Crippen molar-refractivity contribution in [2.45, 2.75) is 57.4 Å². The second kappa shape index (κ2) is 6.03. The third kappa shape index (κ3) is 4.36. The Balaban J connectivity index is 1.63. The zero-order valence-electron chi connectivity index (χ0n) is 10.3. The molecule has 2 N–H and O–H groups in total. The van der Waals surface area contributed by atoms with E-state index in [2.05, 4.69) is 10.6 Å². The summed E-state index contributed by atoms with van der Waals surface area (Å²) in [5, 5.41) is 5.72. The molecule has 17 heavy (non-hydrogen) atoms. The van der Waals surface area contributed by atoms with E-state index in [1.54, 1.807) is 0 Å². The fourth-order valence-corrected chi connectivity index (χ4v) is 2.36. The first kappa shape index (κ1) is 12.4. The van der Waals surface area contributed by atoms with Crippen molar-refractivity contribution in [3.05, 3.63) is 0 Å². The predicted molar refractivity (Wildman–Crippen MR) is 65.4 cm³/mol. The van der Waals surface area contributed by atoms with Crippen molar-refractivity contribution in [3.63, 3.8) is 0 Å². The van der Waals surface area contributed by atoms with Crippen molar-refractivity contribution >= 4 is 11.8 Å². The van der Waals surface area contributed by atoms with E-state index < -0.39 is 0 Å². The Bertz CT molecular complexity index is 279. The molecule has 0 aromatic rings. The van der Waals surface area contributed by atoms with Crippen LogP contribution in [0.15, 0.2) is 0 Å². The van der Waals surface area contributed by atoms with E-state index in [9.17, 15) is 9.59 Å². The van der Waals surface area contributed by atoms with Gasteiger partial charge in [0, 0.05) is 12.0 Å². The Morgan fingerprint density at radius 2 is 1.59 bits per heavy atom. The number of hydrogen-bond donors (Lipinski definition) is 2. The van der Waals surface area contributed by atoms with E-state index in [4.69, 9.17) is 0 Å². The van der Waals surface area contributed by atoms with Crippen LogP contribution in [0.1, 0.15) is 51.4 Å². The van der Waals surface area contributed by atoms with Crippen LogP contribution < -0.4 is 10.6 Å². The maximum Gasteiger partial charge on any atom is 0.239 e. The number of rotatable bonds is 4. The molecule has 4 nitrogen and oxygen atoms in total. The van der Waals surface area contributed by atoms with Gasteiger partial charge in [-0.25, -0.2) is 0 Å². The molecule has 2 amide bonds. The van der Waals surface area contributed by atoms with Gasteiger partial charge in [0.1, 0.15) is 0 Å². The minimum Gasteiger partial charge on any atom is -0.352 e. The summed E-state index contributed by atoms with van der Waals surface area (Å²) in [6.45, 7) is 0.145. The molecule has 0 aliphatic heterocycles. The van der Waals surface area contributed by atoms with Crippen LogP contribution >= 0.6 is 0 Å². The molecule has 0 aromatic heterocycles. The Morgan fingerprint density at radius 1 is 0.941 bits per heavy atom. The van der Waals surface area contributed by atoms with Gasteiger partial charge in [-0.05, 0) is 25.7 Å². The van der Waals surface area contributed by atoms with Crippen LogP contribution in [0.5, 0.6) is 0 Å². The standard InChI is InChI=1S/C13H22N2O2/c16-12(9-14-13(17)10-7-8-10)15-11-5-3-1-2-4-6-11/h10-11H,1-9H2,(H,14,17)(H,15,16). The smallest absolute Gasteiger partial charge is 0.239 e. The largest absolute Gasteiger partial charge is 0.352 e. The summed E-state index contributed by atoms with van der Waals surface area (Å²) in [7, 11) is 0.